The van der Waals surface area contributed by atoms with Crippen molar-refractivity contribution in [3.8, 4) is 11.9 Å². The molecule has 0 fully saturated rings. The average Bonchev–Trinajstić information content (AvgIpc) is 2.91. The molecule has 0 aliphatic heterocycles. The molecule has 0 radical (unpaired) electrons. The van der Waals surface area contributed by atoms with E-state index in [0.717, 1.165) is 18.4 Å². The number of nitrogen functional groups attached to an aromatic ring is 1. The van der Waals surface area contributed by atoms with Crippen molar-refractivity contribution in [1.82, 2.24) is 4.57 Å². The van der Waals surface area contributed by atoms with Gasteiger partial charge in [-0.1, -0.05) is 55.8 Å². The highest BCUT2D eigenvalue weighted by atomic mass is 16.5. The maximum atomic E-state index is 9.44. The first kappa shape index (κ1) is 15.9. The van der Waals surface area contributed by atoms with Crippen molar-refractivity contribution in [3.63, 3.8) is 0 Å². The summed E-state index contributed by atoms with van der Waals surface area (Å²) in [5.74, 6) is 0.591. The van der Waals surface area contributed by atoms with Crippen molar-refractivity contribution in [2.45, 2.75) is 26.3 Å². The summed E-state index contributed by atoms with van der Waals surface area (Å²) < 4.78 is 7.73. The van der Waals surface area contributed by atoms with Crippen LogP contribution in [0.1, 0.15) is 31.0 Å². The zero-order valence-corrected chi connectivity index (χ0v) is 13.8. The first-order valence-corrected chi connectivity index (χ1v) is 8.23. The Hall–Kier alpha value is -2.93. The molecular weight excluding hydrogens is 298 g/mol. The first-order chi connectivity index (χ1) is 11.7. The second-order valence-electron chi connectivity index (χ2n) is 5.83. The molecule has 122 valence electrons. The minimum atomic E-state index is 0.517. The van der Waals surface area contributed by atoms with Crippen molar-refractivity contribution >= 4 is 16.5 Å². The molecule has 1 heterocycles. The van der Waals surface area contributed by atoms with E-state index in [2.05, 4.69) is 37.3 Å². The monoisotopic (exact) mass is 319 g/mol. The van der Waals surface area contributed by atoms with Gasteiger partial charge < -0.3 is 10.5 Å². The fourth-order valence-electron chi connectivity index (χ4n) is 2.88. The standard InChI is InChI=1S/C20H21N3O/c1-2-3-11-24-20-19(22)12-17(13-21)23(20)14-16-9-6-8-15-7-4-5-10-18(15)16/h4-10,12H,2-3,11,14,22H2,1H3. The quantitative estimate of drug-likeness (QED) is 0.688. The minimum Gasteiger partial charge on any atom is -0.477 e. The van der Waals surface area contributed by atoms with Gasteiger partial charge in [0, 0.05) is 6.07 Å². The summed E-state index contributed by atoms with van der Waals surface area (Å²) >= 11 is 0. The van der Waals surface area contributed by atoms with Gasteiger partial charge in [-0.2, -0.15) is 5.26 Å². The van der Waals surface area contributed by atoms with Crippen LogP contribution in [0.25, 0.3) is 10.8 Å². The molecule has 0 spiro atoms. The van der Waals surface area contributed by atoms with Crippen LogP contribution in [0.5, 0.6) is 5.88 Å². The number of nitriles is 1. The molecule has 3 rings (SSSR count). The molecule has 0 bridgehead atoms. The van der Waals surface area contributed by atoms with Crippen LogP contribution in [-0.2, 0) is 6.54 Å². The number of nitrogens with zero attached hydrogens (tertiary/aromatic N) is 2. The molecule has 0 saturated heterocycles. The number of hydrogen-bond acceptors (Lipinski definition) is 3. The molecule has 0 saturated carbocycles. The average molecular weight is 319 g/mol. The summed E-state index contributed by atoms with van der Waals surface area (Å²) in [5.41, 5.74) is 8.25. The molecule has 24 heavy (non-hydrogen) atoms. The number of nitrogens with two attached hydrogens (primary N) is 1. The fraction of sp³-hybridized carbons (Fsp3) is 0.250. The maximum absolute atomic E-state index is 9.44. The van der Waals surface area contributed by atoms with Gasteiger partial charge in [-0.05, 0) is 22.8 Å². The Kier molecular flexibility index (Phi) is 4.72. The van der Waals surface area contributed by atoms with Crippen molar-refractivity contribution < 1.29 is 4.74 Å². The van der Waals surface area contributed by atoms with Gasteiger partial charge in [0.05, 0.1) is 18.8 Å². The van der Waals surface area contributed by atoms with Crippen LogP contribution >= 0.6 is 0 Å². The lowest BCUT2D eigenvalue weighted by molar-refractivity contribution is 0.287. The molecule has 4 heteroatoms. The number of fused-ring (bicyclic) bond motifs is 1. The molecule has 2 aromatic carbocycles. The zero-order chi connectivity index (χ0) is 16.9. The first-order valence-electron chi connectivity index (χ1n) is 8.23. The number of unbranched alkanes of at least 4 members (excludes halogenated alkanes) is 1. The molecule has 4 nitrogen and oxygen atoms in total. The van der Waals surface area contributed by atoms with Gasteiger partial charge in [-0.15, -0.1) is 0 Å². The third-order valence-corrected chi connectivity index (χ3v) is 4.13. The van der Waals surface area contributed by atoms with Gasteiger partial charge in [-0.25, -0.2) is 0 Å². The van der Waals surface area contributed by atoms with Gasteiger partial charge in [0.1, 0.15) is 11.8 Å². The van der Waals surface area contributed by atoms with E-state index in [1.54, 1.807) is 6.07 Å². The molecule has 3 aromatic rings. The molecule has 0 atom stereocenters. The fourth-order valence-corrected chi connectivity index (χ4v) is 2.88. The molecule has 2 N–H and O–H groups in total. The largest absolute Gasteiger partial charge is 0.477 e. The molecule has 0 aliphatic rings. The minimum absolute atomic E-state index is 0.517. The third-order valence-electron chi connectivity index (χ3n) is 4.13. The zero-order valence-electron chi connectivity index (χ0n) is 13.8. The Morgan fingerprint density at radius 3 is 2.75 bits per heavy atom. The van der Waals surface area contributed by atoms with E-state index >= 15 is 0 Å². The Bertz CT molecular complexity index is 884. The number of aromatic nitrogens is 1. The predicted molar refractivity (Wildman–Crippen MR) is 97.0 cm³/mol. The smallest absolute Gasteiger partial charge is 0.218 e. The molecule has 0 amide bonds. The van der Waals surface area contributed by atoms with Gasteiger partial charge >= 0.3 is 0 Å². The van der Waals surface area contributed by atoms with Crippen LogP contribution < -0.4 is 10.5 Å². The maximum Gasteiger partial charge on any atom is 0.218 e. The van der Waals surface area contributed by atoms with Crippen molar-refractivity contribution in [2.75, 3.05) is 12.3 Å². The van der Waals surface area contributed by atoms with Crippen LogP contribution in [0, 0.1) is 11.3 Å². The lowest BCUT2D eigenvalue weighted by atomic mass is 10.0. The summed E-state index contributed by atoms with van der Waals surface area (Å²) in [6.45, 7) is 3.27. The van der Waals surface area contributed by atoms with Crippen LogP contribution in [0.3, 0.4) is 0 Å². The summed E-state index contributed by atoms with van der Waals surface area (Å²) in [7, 11) is 0. The van der Waals surface area contributed by atoms with Gasteiger partial charge in [0.25, 0.3) is 0 Å². The van der Waals surface area contributed by atoms with E-state index < -0.39 is 0 Å². The third kappa shape index (κ3) is 3.07. The van der Waals surface area contributed by atoms with Crippen molar-refractivity contribution in [3.05, 3.63) is 59.8 Å². The van der Waals surface area contributed by atoms with E-state index in [9.17, 15) is 5.26 Å². The Morgan fingerprint density at radius 1 is 1.17 bits per heavy atom. The second-order valence-corrected chi connectivity index (χ2v) is 5.83. The van der Waals surface area contributed by atoms with E-state index in [1.165, 1.54) is 10.8 Å². The highest BCUT2D eigenvalue weighted by Gasteiger charge is 2.15. The second kappa shape index (κ2) is 7.10. The van der Waals surface area contributed by atoms with E-state index in [4.69, 9.17) is 10.5 Å². The number of hydrogen-bond donors (Lipinski definition) is 1. The highest BCUT2D eigenvalue weighted by Crippen LogP contribution is 2.29. The number of rotatable bonds is 6. The number of anilines is 1. The normalized spacial score (nSPS) is 10.7. The highest BCUT2D eigenvalue weighted by molar-refractivity contribution is 5.85. The van der Waals surface area contributed by atoms with E-state index in [-0.39, 0.29) is 0 Å². The van der Waals surface area contributed by atoms with Crippen molar-refractivity contribution in [2.24, 2.45) is 0 Å². The molecule has 0 aliphatic carbocycles. The Balaban J connectivity index is 2.00. The molecule has 1 aromatic heterocycles. The number of ether oxygens (including phenoxy) is 1. The summed E-state index contributed by atoms with van der Waals surface area (Å²) in [6, 6.07) is 18.4. The summed E-state index contributed by atoms with van der Waals surface area (Å²) in [6.07, 6.45) is 2.01. The van der Waals surface area contributed by atoms with Crippen LogP contribution in [0.4, 0.5) is 5.69 Å². The molecular formula is C20H21N3O. The van der Waals surface area contributed by atoms with E-state index in [1.807, 2.05) is 22.8 Å². The topological polar surface area (TPSA) is 64.0 Å². The van der Waals surface area contributed by atoms with Crippen LogP contribution in [0.2, 0.25) is 0 Å². The van der Waals surface area contributed by atoms with Crippen molar-refractivity contribution in [1.29, 1.82) is 5.26 Å². The van der Waals surface area contributed by atoms with Crippen LogP contribution in [0.15, 0.2) is 48.5 Å². The number of benzene rings is 2. The molecule has 0 unspecified atom stereocenters. The summed E-state index contributed by atoms with van der Waals surface area (Å²) in [5, 5.41) is 11.8. The van der Waals surface area contributed by atoms with E-state index in [0.29, 0.717) is 30.4 Å². The lowest BCUT2D eigenvalue weighted by Crippen LogP contribution is -2.08. The Labute approximate surface area is 142 Å². The summed E-state index contributed by atoms with van der Waals surface area (Å²) in [4.78, 5) is 0. The lowest BCUT2D eigenvalue weighted by Gasteiger charge is -2.14. The van der Waals surface area contributed by atoms with Crippen LogP contribution in [-0.4, -0.2) is 11.2 Å². The predicted octanol–water partition coefficient (Wildman–Crippen LogP) is 4.32. The SMILES string of the molecule is CCCCOc1c(N)cc(C#N)n1Cc1cccc2ccccc12. The van der Waals surface area contributed by atoms with Gasteiger partial charge in [-0.3, -0.25) is 4.57 Å². The van der Waals surface area contributed by atoms with Gasteiger partial charge in [0.15, 0.2) is 0 Å². The Morgan fingerprint density at radius 2 is 1.96 bits per heavy atom. The van der Waals surface area contributed by atoms with Gasteiger partial charge in [0.2, 0.25) is 5.88 Å².